The van der Waals surface area contributed by atoms with Gasteiger partial charge in [0.2, 0.25) is 0 Å². The highest BCUT2D eigenvalue weighted by Crippen LogP contribution is 2.27. The van der Waals surface area contributed by atoms with Crippen LogP contribution in [0.1, 0.15) is 39.2 Å². The fourth-order valence-corrected chi connectivity index (χ4v) is 3.76. The van der Waals surface area contributed by atoms with Gasteiger partial charge in [-0.3, -0.25) is 0 Å². The molecule has 0 amide bonds. The minimum absolute atomic E-state index is 0.671. The van der Waals surface area contributed by atoms with E-state index >= 15 is 0 Å². The van der Waals surface area contributed by atoms with Gasteiger partial charge in [-0.2, -0.15) is 0 Å². The number of hydrogen-bond donors (Lipinski definition) is 2. The Hall–Kier alpha value is -1.26. The topological polar surface area (TPSA) is 27.3 Å². The first kappa shape index (κ1) is 18.1. The monoisotopic (exact) mass is 322 g/mol. The van der Waals surface area contributed by atoms with Crippen LogP contribution in [0.4, 0.5) is 0 Å². The molecule has 0 radical (unpaired) electrons. The first-order valence-corrected chi connectivity index (χ1v) is 9.19. The van der Waals surface area contributed by atoms with Crippen molar-refractivity contribution in [3.63, 3.8) is 0 Å². The molecule has 0 saturated carbocycles. The van der Waals surface area contributed by atoms with Crippen molar-refractivity contribution in [2.75, 3.05) is 39.9 Å². The van der Waals surface area contributed by atoms with E-state index in [1.165, 1.54) is 44.6 Å². The first-order valence-electron chi connectivity index (χ1n) is 9.19. The Labute approximate surface area is 141 Å². The van der Waals surface area contributed by atoms with Crippen molar-refractivity contribution in [3.05, 3.63) is 23.8 Å². The highest BCUT2D eigenvalue weighted by Gasteiger charge is 2.27. The second-order valence-electron chi connectivity index (χ2n) is 6.52. The summed E-state index contributed by atoms with van der Waals surface area (Å²) in [6.07, 6.45) is 2.61. The number of ether oxygens (including phenoxy) is 2. The average molecular weight is 322 g/mol. The van der Waals surface area contributed by atoms with Gasteiger partial charge in [-0.05, 0) is 38.0 Å². The quantitative estimate of drug-likeness (QED) is 0.732. The number of rotatable bonds is 8. The molecular formula is C19H34N2O2+2. The molecule has 4 heteroatoms. The van der Waals surface area contributed by atoms with Crippen LogP contribution in [0.25, 0.3) is 0 Å². The van der Waals surface area contributed by atoms with Gasteiger partial charge in [0.05, 0.1) is 19.8 Å². The Balaban J connectivity index is 1.92. The van der Waals surface area contributed by atoms with Crippen molar-refractivity contribution in [1.82, 2.24) is 0 Å². The van der Waals surface area contributed by atoms with Crippen LogP contribution in [-0.2, 0) is 6.54 Å². The minimum atomic E-state index is 0.671. The van der Waals surface area contributed by atoms with E-state index in [0.29, 0.717) is 6.61 Å². The zero-order chi connectivity index (χ0) is 16.7. The van der Waals surface area contributed by atoms with Gasteiger partial charge in [0.25, 0.3) is 0 Å². The highest BCUT2D eigenvalue weighted by atomic mass is 16.5. The van der Waals surface area contributed by atoms with Gasteiger partial charge in [-0.1, -0.05) is 13.8 Å². The standard InChI is InChI=1S/C19H32N2O2/c1-5-17(6-2)21-12-10-20(11-13-21)15-16-8-9-18(22-4)19(14-16)23-7-3/h8-9,14,17H,5-7,10-13,15H2,1-4H3/p+2. The Kier molecular flexibility index (Phi) is 7.18. The summed E-state index contributed by atoms with van der Waals surface area (Å²) in [6, 6.07) is 7.21. The largest absolute Gasteiger partial charge is 0.493 e. The summed E-state index contributed by atoms with van der Waals surface area (Å²) in [5.74, 6) is 1.70. The molecule has 2 rings (SSSR count). The van der Waals surface area contributed by atoms with E-state index in [1.54, 1.807) is 12.0 Å². The predicted octanol–water partition coefficient (Wildman–Crippen LogP) is 0.566. The molecule has 1 heterocycles. The molecule has 0 aromatic heterocycles. The van der Waals surface area contributed by atoms with Gasteiger partial charge in [0, 0.05) is 5.56 Å². The molecular weight excluding hydrogens is 288 g/mol. The third-order valence-corrected chi connectivity index (χ3v) is 5.14. The summed E-state index contributed by atoms with van der Waals surface area (Å²) in [7, 11) is 1.70. The van der Waals surface area contributed by atoms with Gasteiger partial charge in [-0.25, -0.2) is 0 Å². The van der Waals surface area contributed by atoms with Crippen molar-refractivity contribution >= 4 is 0 Å². The molecule has 0 unspecified atom stereocenters. The molecule has 0 atom stereocenters. The maximum absolute atomic E-state index is 5.70. The second-order valence-corrected chi connectivity index (χ2v) is 6.52. The van der Waals surface area contributed by atoms with Gasteiger partial charge < -0.3 is 19.3 Å². The number of methoxy groups -OCH3 is 1. The number of hydrogen-bond acceptors (Lipinski definition) is 2. The van der Waals surface area contributed by atoms with Crippen molar-refractivity contribution in [2.45, 2.75) is 46.2 Å². The van der Waals surface area contributed by atoms with Crippen LogP contribution < -0.4 is 19.3 Å². The summed E-state index contributed by atoms with van der Waals surface area (Å²) in [6.45, 7) is 13.6. The van der Waals surface area contributed by atoms with Gasteiger partial charge in [-0.15, -0.1) is 0 Å². The molecule has 0 aliphatic carbocycles. The van der Waals surface area contributed by atoms with E-state index in [4.69, 9.17) is 9.47 Å². The molecule has 4 nitrogen and oxygen atoms in total. The zero-order valence-corrected chi connectivity index (χ0v) is 15.3. The van der Waals surface area contributed by atoms with Crippen LogP contribution in [0.3, 0.4) is 0 Å². The van der Waals surface area contributed by atoms with Crippen LogP contribution in [0.5, 0.6) is 11.5 Å². The molecule has 1 fully saturated rings. The molecule has 1 aromatic carbocycles. The number of quaternary nitrogens is 2. The van der Waals surface area contributed by atoms with Crippen molar-refractivity contribution in [1.29, 1.82) is 0 Å². The molecule has 2 N–H and O–H groups in total. The lowest BCUT2D eigenvalue weighted by atomic mass is 10.1. The van der Waals surface area contributed by atoms with Crippen LogP contribution in [0.2, 0.25) is 0 Å². The Morgan fingerprint density at radius 2 is 1.70 bits per heavy atom. The van der Waals surface area contributed by atoms with E-state index in [0.717, 1.165) is 24.1 Å². The smallest absolute Gasteiger partial charge is 0.161 e. The number of nitrogens with one attached hydrogen (secondary N) is 2. The summed E-state index contributed by atoms with van der Waals surface area (Å²) in [5, 5.41) is 0. The lowest BCUT2D eigenvalue weighted by molar-refractivity contribution is -1.03. The third kappa shape index (κ3) is 4.85. The van der Waals surface area contributed by atoms with E-state index in [1.807, 2.05) is 17.9 Å². The van der Waals surface area contributed by atoms with Gasteiger partial charge in [0.15, 0.2) is 11.5 Å². The Morgan fingerprint density at radius 3 is 2.26 bits per heavy atom. The molecule has 1 aliphatic rings. The number of piperazine rings is 1. The SMILES string of the molecule is CCOc1cc(C[NH+]2CC[NH+](C(CC)CC)CC2)ccc1OC. The fourth-order valence-electron chi connectivity index (χ4n) is 3.76. The normalized spacial score (nSPS) is 21.4. The van der Waals surface area contributed by atoms with E-state index in [9.17, 15) is 0 Å². The van der Waals surface area contributed by atoms with Crippen LogP contribution in [-0.4, -0.2) is 45.9 Å². The Bertz CT molecular complexity index is 466. The van der Waals surface area contributed by atoms with E-state index in [2.05, 4.69) is 26.0 Å². The molecule has 1 saturated heterocycles. The second kappa shape index (κ2) is 9.14. The van der Waals surface area contributed by atoms with Crippen LogP contribution >= 0.6 is 0 Å². The van der Waals surface area contributed by atoms with Crippen molar-refractivity contribution in [2.24, 2.45) is 0 Å². The summed E-state index contributed by atoms with van der Waals surface area (Å²) in [4.78, 5) is 3.50. The summed E-state index contributed by atoms with van der Waals surface area (Å²) < 4.78 is 11.1. The molecule has 23 heavy (non-hydrogen) atoms. The molecule has 1 aromatic rings. The molecule has 1 aliphatic heterocycles. The van der Waals surface area contributed by atoms with Gasteiger partial charge in [0.1, 0.15) is 32.7 Å². The lowest BCUT2D eigenvalue weighted by Gasteiger charge is -2.34. The van der Waals surface area contributed by atoms with E-state index < -0.39 is 0 Å². The third-order valence-electron chi connectivity index (χ3n) is 5.14. The maximum atomic E-state index is 5.70. The molecule has 0 spiro atoms. The minimum Gasteiger partial charge on any atom is -0.493 e. The Morgan fingerprint density at radius 1 is 1.00 bits per heavy atom. The number of benzene rings is 1. The molecule has 130 valence electrons. The van der Waals surface area contributed by atoms with E-state index in [-0.39, 0.29) is 0 Å². The first-order chi connectivity index (χ1) is 11.2. The van der Waals surface area contributed by atoms with Crippen LogP contribution in [0, 0.1) is 0 Å². The molecule has 0 bridgehead atoms. The summed E-state index contributed by atoms with van der Waals surface area (Å²) in [5.41, 5.74) is 1.34. The van der Waals surface area contributed by atoms with Gasteiger partial charge >= 0.3 is 0 Å². The lowest BCUT2D eigenvalue weighted by Crippen LogP contribution is -3.29. The predicted molar refractivity (Wildman–Crippen MR) is 93.6 cm³/mol. The average Bonchev–Trinajstić information content (AvgIpc) is 2.58. The zero-order valence-electron chi connectivity index (χ0n) is 15.3. The fraction of sp³-hybridized carbons (Fsp3) is 0.684. The van der Waals surface area contributed by atoms with Crippen molar-refractivity contribution < 1.29 is 19.3 Å². The maximum Gasteiger partial charge on any atom is 0.161 e. The summed E-state index contributed by atoms with van der Waals surface area (Å²) >= 11 is 0. The highest BCUT2D eigenvalue weighted by molar-refractivity contribution is 5.42. The van der Waals surface area contributed by atoms with Crippen molar-refractivity contribution in [3.8, 4) is 11.5 Å². The van der Waals surface area contributed by atoms with Crippen LogP contribution in [0.15, 0.2) is 18.2 Å².